The normalized spacial score (nSPS) is 16.6. The Morgan fingerprint density at radius 1 is 0.536 bits per heavy atom. The first kappa shape index (κ1) is 95.1. The van der Waals surface area contributed by atoms with Crippen LogP contribution in [0, 0.1) is 29.6 Å². The molecule has 1 aliphatic carbocycles. The summed E-state index contributed by atoms with van der Waals surface area (Å²) in [6.07, 6.45) is 4.20. The maximum absolute atomic E-state index is 14.7. The van der Waals surface area contributed by atoms with Crippen molar-refractivity contribution in [3.05, 3.63) is 35.9 Å². The molecule has 1 aromatic carbocycles. The van der Waals surface area contributed by atoms with E-state index in [1.807, 2.05) is 37.3 Å². The van der Waals surface area contributed by atoms with E-state index in [1.54, 1.807) is 13.8 Å². The fourth-order valence-corrected chi connectivity index (χ4v) is 13.1. The number of thiol groups is 2. The third-order valence-corrected chi connectivity index (χ3v) is 19.5. The minimum atomic E-state index is -1.51. The Morgan fingerprint density at radius 3 is 1.70 bits per heavy atom. The van der Waals surface area contributed by atoms with Crippen molar-refractivity contribution in [1.82, 2.24) is 63.4 Å². The first-order chi connectivity index (χ1) is 52.4. The predicted molar refractivity (Wildman–Crippen MR) is 412 cm³/mol. The monoisotopic (exact) mass is 1580 g/mol. The number of primary amides is 1. The molecule has 614 valence electrons. The number of carbonyl (C=O) groups is 17. The molecule has 0 spiro atoms. The van der Waals surface area contributed by atoms with Gasteiger partial charge < -0.3 is 97.2 Å². The van der Waals surface area contributed by atoms with Gasteiger partial charge in [-0.25, -0.2) is 0 Å². The Kier molecular flexibility index (Phi) is 45.0. The van der Waals surface area contributed by atoms with Gasteiger partial charge >= 0.3 is 0 Å². The van der Waals surface area contributed by atoms with Gasteiger partial charge in [0.2, 0.25) is 76.8 Å². The van der Waals surface area contributed by atoms with Crippen LogP contribution in [0.15, 0.2) is 35.3 Å². The SMILES string of the molecule is CCCC[C@H](NC(=O)[C@H]1CCCN1C(=O)CNC(=O)[C@@H](CCCCN)NC(=O)[C@@H](CS)NC(=O)[C@H](CO)CC(=O)[C@H](CC(C)C)NC(=O)[C@@H](CS)CC(=O)[C@H]1CCCC1C(=O)[C@@H](CCCN=C(N)N)NC(=O)[C@@H](CCC(N)=O)NC(=O)CNC(=O)CNC(=O)CNC(=O)CNC(=O)CN)C(=O)CCCc1ccccc1. The molecule has 36 nitrogen and oxygen atoms in total. The van der Waals surface area contributed by atoms with Crippen LogP contribution in [0.25, 0.3) is 0 Å². The molecule has 11 atom stereocenters. The maximum Gasteiger partial charge on any atom is 0.244 e. The number of unbranched alkanes of at least 4 members (excludes halogenated alkanes) is 2. The van der Waals surface area contributed by atoms with E-state index in [0.29, 0.717) is 57.8 Å². The maximum atomic E-state index is 14.7. The summed E-state index contributed by atoms with van der Waals surface area (Å²) in [5, 5.41) is 37.8. The number of ketones is 4. The van der Waals surface area contributed by atoms with Crippen molar-refractivity contribution in [2.45, 2.75) is 198 Å². The largest absolute Gasteiger partial charge is 0.396 e. The zero-order chi connectivity index (χ0) is 81.8. The minimum absolute atomic E-state index is 0.00661. The summed E-state index contributed by atoms with van der Waals surface area (Å²) in [5.41, 5.74) is 28.5. The molecular formula is C72H116N18O18S2. The van der Waals surface area contributed by atoms with Crippen molar-refractivity contribution in [1.29, 1.82) is 0 Å². The van der Waals surface area contributed by atoms with Gasteiger partial charge in [-0.2, -0.15) is 25.3 Å². The van der Waals surface area contributed by atoms with E-state index < -0.39 is 219 Å². The molecule has 1 aromatic rings. The van der Waals surface area contributed by atoms with E-state index in [4.69, 9.17) is 28.7 Å². The molecule has 22 N–H and O–H groups in total. The second-order valence-corrected chi connectivity index (χ2v) is 28.6. The molecule has 2 aliphatic rings. The standard InChI is InChI=1S/C72H116N18O18S2/c1-4-5-20-48(55(92)24-11-17-43-15-7-6-8-16-43)85-71(108)54-23-14-29-90(54)64(101)38-83-68(105)50(21-9-10-27-73)87-70(107)53(41-110)89-66(103)44(39-91)31-57(94)52(30-42(2)3)88-67(104)45(40-109)32-56(93)46-18-12-19-47(46)65(102)49(22-13-28-78-72(76)77)86-69(106)51(25-26-58(75)95)84-63(100)37-82-62(99)36-81-61(98)35-80-60(97)34-79-59(96)33-74/h6-8,15-16,42,44-54,91,109-110H,4-5,9-14,17-41,73-74H2,1-3H3,(H2,75,95)(H,79,96)(H,80,97)(H,81,98)(H,82,99)(H,83,105)(H,84,100)(H,85,108)(H,86,106)(H,87,107)(H,88,104)(H,89,103)(H4,76,77,78)/t44-,45+,46-,47?,48-,49+,50+,51+,52-,53+,54+/m0/s1. The number of aliphatic imine (C=N–C) groups is 1. The summed E-state index contributed by atoms with van der Waals surface area (Å²) in [7, 11) is 0. The van der Waals surface area contributed by atoms with Gasteiger partial charge in [-0.15, -0.1) is 0 Å². The van der Waals surface area contributed by atoms with Gasteiger partial charge in [0.25, 0.3) is 0 Å². The highest BCUT2D eigenvalue weighted by Crippen LogP contribution is 2.36. The van der Waals surface area contributed by atoms with Crippen LogP contribution in [-0.2, 0) is 87.9 Å². The summed E-state index contributed by atoms with van der Waals surface area (Å²) < 4.78 is 0. The molecule has 1 saturated carbocycles. The number of benzene rings is 1. The van der Waals surface area contributed by atoms with Crippen molar-refractivity contribution >= 4 is 131 Å². The molecule has 3 rings (SSSR count). The molecule has 1 unspecified atom stereocenters. The first-order valence-corrected chi connectivity index (χ1v) is 38.8. The number of hydrogen-bond donors (Lipinski definition) is 19. The van der Waals surface area contributed by atoms with E-state index >= 15 is 0 Å². The molecule has 2 fully saturated rings. The molecule has 38 heteroatoms. The second kappa shape index (κ2) is 52.1. The molecular weight excluding hydrogens is 1470 g/mol. The van der Waals surface area contributed by atoms with Crippen LogP contribution in [0.4, 0.5) is 0 Å². The number of hydrogen-bond acceptors (Lipinski definition) is 23. The summed E-state index contributed by atoms with van der Waals surface area (Å²) in [6.45, 7) is 1.81. The number of aliphatic hydroxyl groups excluding tert-OH is 1. The van der Waals surface area contributed by atoms with E-state index in [2.05, 4.69) is 88.7 Å². The molecule has 1 aliphatic heterocycles. The number of amides is 13. The molecule has 110 heavy (non-hydrogen) atoms. The quantitative estimate of drug-likeness (QED) is 0.0127. The third-order valence-electron chi connectivity index (χ3n) is 18.7. The van der Waals surface area contributed by atoms with Crippen molar-refractivity contribution in [2.75, 3.05) is 77.0 Å². The fourth-order valence-electron chi connectivity index (χ4n) is 12.6. The molecule has 1 heterocycles. The number of aliphatic hydroxyl groups is 1. The second-order valence-electron chi connectivity index (χ2n) is 27.8. The van der Waals surface area contributed by atoms with Crippen LogP contribution in [0.5, 0.6) is 0 Å². The number of guanidine groups is 1. The van der Waals surface area contributed by atoms with Crippen LogP contribution >= 0.6 is 25.3 Å². The zero-order valence-electron chi connectivity index (χ0n) is 63.2. The van der Waals surface area contributed by atoms with Gasteiger partial charge in [0, 0.05) is 62.1 Å². The van der Waals surface area contributed by atoms with E-state index in [0.717, 1.165) is 12.0 Å². The molecule has 0 radical (unpaired) electrons. The fraction of sp³-hybridized carbons (Fsp3) is 0.667. The van der Waals surface area contributed by atoms with E-state index in [1.165, 1.54) is 4.90 Å². The average Bonchev–Trinajstić information content (AvgIpc) is 1.64. The van der Waals surface area contributed by atoms with Crippen molar-refractivity contribution in [3.8, 4) is 0 Å². The number of rotatable bonds is 55. The minimum Gasteiger partial charge on any atom is -0.396 e. The van der Waals surface area contributed by atoms with Crippen molar-refractivity contribution in [3.63, 3.8) is 0 Å². The number of nitrogens with zero attached hydrogens (tertiary/aromatic N) is 2. The van der Waals surface area contributed by atoms with Gasteiger partial charge in [-0.05, 0) is 108 Å². The third kappa shape index (κ3) is 35.7. The number of nitrogens with two attached hydrogens (primary N) is 5. The molecule has 13 amide bonds. The van der Waals surface area contributed by atoms with Gasteiger partial charge in [0.15, 0.2) is 23.3 Å². The summed E-state index contributed by atoms with van der Waals surface area (Å²) >= 11 is 8.67. The number of aryl methyl sites for hydroxylation is 1. The molecule has 1 saturated heterocycles. The first-order valence-electron chi connectivity index (χ1n) is 37.6. The number of carbonyl (C=O) groups excluding carboxylic acids is 17. The van der Waals surface area contributed by atoms with Gasteiger partial charge in [-0.1, -0.05) is 70.4 Å². The topological polar surface area (TPSA) is 588 Å². The smallest absolute Gasteiger partial charge is 0.244 e. The average molecular weight is 1590 g/mol. The Hall–Kier alpha value is -9.14. The number of nitrogens with one attached hydrogen (secondary N) is 11. The zero-order valence-corrected chi connectivity index (χ0v) is 65.0. The lowest BCUT2D eigenvalue weighted by molar-refractivity contribution is -0.140. The van der Waals surface area contributed by atoms with Crippen LogP contribution in [-0.4, -0.2) is 235 Å². The number of Topliss-reactive ketones (excluding diaryl/α,β-unsaturated/α-hetero) is 4. The lowest BCUT2D eigenvalue weighted by Crippen LogP contribution is -2.56. The highest BCUT2D eigenvalue weighted by atomic mass is 32.1. The Balaban J connectivity index is 1.68. The van der Waals surface area contributed by atoms with Gasteiger partial charge in [-0.3, -0.25) is 86.5 Å². The summed E-state index contributed by atoms with van der Waals surface area (Å²) in [5.74, 6) is -17.6. The Labute approximate surface area is 652 Å². The van der Waals surface area contributed by atoms with Crippen LogP contribution < -0.4 is 87.2 Å². The summed E-state index contributed by atoms with van der Waals surface area (Å²) in [6, 6.07) is 1.33. The Morgan fingerprint density at radius 2 is 1.11 bits per heavy atom. The van der Waals surface area contributed by atoms with Crippen LogP contribution in [0.2, 0.25) is 0 Å². The lowest BCUT2D eigenvalue weighted by atomic mass is 9.82. The van der Waals surface area contributed by atoms with Gasteiger partial charge in [0.1, 0.15) is 30.0 Å². The van der Waals surface area contributed by atoms with Gasteiger partial charge in [0.05, 0.1) is 75.8 Å². The Bertz CT molecular complexity index is 3310. The summed E-state index contributed by atoms with van der Waals surface area (Å²) in [4.78, 5) is 232. The predicted octanol–water partition coefficient (Wildman–Crippen LogP) is -4.31. The highest BCUT2D eigenvalue weighted by Gasteiger charge is 2.43. The van der Waals surface area contributed by atoms with Crippen LogP contribution in [0.1, 0.15) is 155 Å². The van der Waals surface area contributed by atoms with Crippen LogP contribution in [0.3, 0.4) is 0 Å². The molecule has 0 aromatic heterocycles. The van der Waals surface area contributed by atoms with Crippen molar-refractivity contribution < 1.29 is 86.6 Å². The number of likely N-dealkylation sites (tertiary alicyclic amines) is 1. The van der Waals surface area contributed by atoms with Crippen molar-refractivity contribution in [2.24, 2.45) is 63.3 Å². The highest BCUT2D eigenvalue weighted by molar-refractivity contribution is 7.80. The molecule has 0 bridgehead atoms. The lowest BCUT2D eigenvalue weighted by Gasteiger charge is -2.27. The van der Waals surface area contributed by atoms with E-state index in [-0.39, 0.29) is 107 Å². The van der Waals surface area contributed by atoms with E-state index in [9.17, 15) is 86.6 Å².